The Balaban J connectivity index is 0.000000165. The molecule has 5 amide bonds. The van der Waals surface area contributed by atoms with Crippen LogP contribution in [0.15, 0.2) is 168 Å². The Morgan fingerprint density at radius 3 is 1.48 bits per heavy atom. The molecule has 0 spiro atoms. The lowest BCUT2D eigenvalue weighted by molar-refractivity contribution is -0.142. The first-order valence-corrected chi connectivity index (χ1v) is 40.0. The number of halogens is 5. The highest BCUT2D eigenvalue weighted by Gasteiger charge is 2.41. The molecule has 0 radical (unpaired) electrons. The third-order valence-corrected chi connectivity index (χ3v) is 22.5. The number of amides is 5. The van der Waals surface area contributed by atoms with E-state index in [2.05, 4.69) is 49.9 Å². The largest absolute Gasteiger partial charge is 0.355 e. The average molecular weight is 1660 g/mol. The standard InChI is InChI=1S/C33H36ClN7O3.C31H32ClFN6O3.C24H25ClFN5O/c1-8-27(43)39-16-21(6)40(17-20(39)5)31-24-15-25(34)29(23-11-9-10-12-26(23)36-22(7)42)37-32(24)41(33(44)38-31)30-19(4)13-14-35-28(30)18(2)3;1-17(2)27-29(18(3)10-11-34-27)39-15-25(41)35-30(38-14-19(4)37(13-20(38)5)26(42)16-40)22-12-23(32)28(36-31(22)39)21-8-6-7-9-24(21)33;1-6-21(32)30-12-15(3)31(13-14(30)2)24-18-11-19(25)22(17-9-7-8-10-20(17)26)28-23(18)29(5)16(4)27-24/h8-15,18,20-21H,1,16-17H2,2-7H3,(H,36,42);6-12,16-17,19-20H,13-15H2,1-5H3;6-11,14-15H,1,4,12-13H2,2-3,5H3. The summed E-state index contributed by atoms with van der Waals surface area (Å²) in [6.07, 6.45) is 6.45. The number of aliphatic imine (C=N–C) groups is 2. The summed E-state index contributed by atoms with van der Waals surface area (Å²) < 4.78 is 31.0. The van der Waals surface area contributed by atoms with Gasteiger partial charge in [0.25, 0.3) is 11.8 Å². The summed E-state index contributed by atoms with van der Waals surface area (Å²) >= 11 is 20.4. The predicted octanol–water partition coefficient (Wildman–Crippen LogP) is 14.7. The molecular formula is C88H93Cl3F2N18O7. The van der Waals surface area contributed by atoms with Crippen LogP contribution in [0.3, 0.4) is 0 Å². The Bertz CT molecular complexity index is 5680. The number of carbonyl (C=O) groups is 6. The number of piperazine rings is 3. The Kier molecular flexibility index (Phi) is 25.7. The van der Waals surface area contributed by atoms with E-state index in [4.69, 9.17) is 54.7 Å². The van der Waals surface area contributed by atoms with Gasteiger partial charge in [0, 0.05) is 119 Å². The van der Waals surface area contributed by atoms with E-state index < -0.39 is 29.1 Å². The molecule has 3 aromatic carbocycles. The lowest BCUT2D eigenvalue weighted by atomic mass is 10.0. The maximum absolute atomic E-state index is 15.0. The molecule has 0 saturated carbocycles. The highest BCUT2D eigenvalue weighted by atomic mass is 35.5. The van der Waals surface area contributed by atoms with Crippen molar-refractivity contribution in [1.82, 2.24) is 59.0 Å². The smallest absolute Gasteiger partial charge is 0.349 e. The zero-order chi connectivity index (χ0) is 85.3. The highest BCUT2D eigenvalue weighted by molar-refractivity contribution is 6.35. The number of fused-ring (bicyclic) bond motifs is 3. The van der Waals surface area contributed by atoms with Gasteiger partial charge in [0.1, 0.15) is 53.1 Å². The van der Waals surface area contributed by atoms with Gasteiger partial charge in [0.15, 0.2) is 5.65 Å². The molecule has 6 aromatic heterocycles. The van der Waals surface area contributed by atoms with Crippen molar-refractivity contribution >= 4 is 122 Å². The summed E-state index contributed by atoms with van der Waals surface area (Å²) in [6.45, 7) is 38.9. The minimum atomic E-state index is -0.591. The van der Waals surface area contributed by atoms with E-state index >= 15 is 4.39 Å². The van der Waals surface area contributed by atoms with Crippen molar-refractivity contribution in [3.63, 3.8) is 0 Å². The van der Waals surface area contributed by atoms with Crippen molar-refractivity contribution in [3.05, 3.63) is 224 Å². The second-order valence-electron chi connectivity index (χ2n) is 30.7. The normalized spacial score (nSPS) is 18.7. The van der Waals surface area contributed by atoms with Crippen LogP contribution in [0.25, 0.3) is 50.5 Å². The van der Waals surface area contributed by atoms with Crippen LogP contribution >= 0.6 is 34.8 Å². The topological polar surface area (TPSA) is 264 Å². The van der Waals surface area contributed by atoms with Gasteiger partial charge in [-0.05, 0) is 151 Å². The quantitative estimate of drug-likeness (QED) is 0.0676. The monoisotopic (exact) mass is 1660 g/mol. The maximum atomic E-state index is 15.0. The van der Waals surface area contributed by atoms with E-state index in [1.54, 1.807) is 87.8 Å². The SMILES string of the molecule is C=CC(=O)N1CC(C)N(C2=NC(=C)N(C)c3nc(-c4ccccc4F)c(Cl)cc32)CC1C.C=CC(=O)N1CC(C)N(c2nc(=O)n(-c3c(C)ccnc3C(C)C)c3nc(-c4ccccc4NC(C)=O)c(Cl)cc23)CC1C.Cc1ccnc(C(C)C)c1N1CC(=O)N=C(N2CC(C)N(C(=O)C=O)CC2C)c2cc(Cl)c(-c3ccccc3F)nc21. The molecule has 11 heterocycles. The van der Waals surface area contributed by atoms with Crippen LogP contribution in [-0.4, -0.2) is 196 Å². The number of hydrogen-bond donors (Lipinski definition) is 1. The molecule has 1 N–H and O–H groups in total. The van der Waals surface area contributed by atoms with Crippen LogP contribution in [0, 0.1) is 25.5 Å². The van der Waals surface area contributed by atoms with Crippen molar-refractivity contribution in [1.29, 1.82) is 0 Å². The van der Waals surface area contributed by atoms with E-state index in [1.807, 2.05) is 135 Å². The number of amidine groups is 2. The minimum Gasteiger partial charge on any atom is -0.349 e. The molecule has 612 valence electrons. The third kappa shape index (κ3) is 17.0. The van der Waals surface area contributed by atoms with Crippen LogP contribution in [-0.2, 0) is 28.8 Å². The number of hydrogen-bond acceptors (Lipinski definition) is 19. The number of aldehydes is 1. The molecule has 3 saturated heterocycles. The summed E-state index contributed by atoms with van der Waals surface area (Å²) in [5.41, 5.74) is 8.43. The van der Waals surface area contributed by atoms with Gasteiger partial charge < -0.3 is 44.5 Å². The van der Waals surface area contributed by atoms with Crippen molar-refractivity contribution in [2.24, 2.45) is 9.98 Å². The number of para-hydroxylation sites is 1. The number of rotatable bonds is 12. The van der Waals surface area contributed by atoms with E-state index in [1.165, 1.54) is 40.7 Å². The first-order chi connectivity index (χ1) is 56.2. The summed E-state index contributed by atoms with van der Waals surface area (Å²) in [7, 11) is 1.82. The van der Waals surface area contributed by atoms with Gasteiger partial charge >= 0.3 is 5.69 Å². The van der Waals surface area contributed by atoms with Crippen LogP contribution < -0.4 is 25.7 Å². The maximum Gasteiger partial charge on any atom is 0.355 e. The lowest BCUT2D eigenvalue weighted by Gasteiger charge is -2.46. The Labute approximate surface area is 699 Å². The van der Waals surface area contributed by atoms with Crippen molar-refractivity contribution in [2.75, 3.05) is 72.9 Å². The third-order valence-electron chi connectivity index (χ3n) is 21.6. The number of aromatic nitrogens is 7. The number of pyridine rings is 5. The molecule has 25 nitrogen and oxygen atoms in total. The Morgan fingerprint density at radius 2 is 0.975 bits per heavy atom. The van der Waals surface area contributed by atoms with Gasteiger partial charge in [0.05, 0.1) is 77.1 Å². The van der Waals surface area contributed by atoms with E-state index in [-0.39, 0.29) is 95.2 Å². The molecule has 0 bridgehead atoms. The van der Waals surface area contributed by atoms with E-state index in [9.17, 15) is 38.0 Å². The molecule has 5 aliphatic rings. The van der Waals surface area contributed by atoms with Gasteiger partial charge in [-0.15, -0.1) is 0 Å². The number of anilines is 5. The zero-order valence-corrected chi connectivity index (χ0v) is 70.5. The molecule has 5 aliphatic heterocycles. The summed E-state index contributed by atoms with van der Waals surface area (Å²) in [5.74, 6) is 0.732. The Hall–Kier alpha value is -11.9. The number of nitrogens with one attached hydrogen (secondary N) is 1. The molecule has 3 fully saturated rings. The fourth-order valence-corrected chi connectivity index (χ4v) is 16.4. The van der Waals surface area contributed by atoms with Gasteiger partial charge in [0.2, 0.25) is 24.0 Å². The first kappa shape index (κ1) is 85.4. The predicted molar refractivity (Wildman–Crippen MR) is 461 cm³/mol. The number of aryl methyl sites for hydroxylation is 2. The van der Waals surface area contributed by atoms with Gasteiger partial charge in [-0.1, -0.05) is 125 Å². The molecule has 14 rings (SSSR count). The number of nitrogens with zero attached hydrogens (tertiary/aromatic N) is 17. The number of benzene rings is 3. The van der Waals surface area contributed by atoms with E-state index in [0.29, 0.717) is 134 Å². The van der Waals surface area contributed by atoms with Crippen LogP contribution in [0.4, 0.5) is 37.6 Å². The lowest BCUT2D eigenvalue weighted by Crippen LogP contribution is -2.60. The van der Waals surface area contributed by atoms with Gasteiger partial charge in [-0.2, -0.15) is 9.98 Å². The van der Waals surface area contributed by atoms with Crippen molar-refractivity contribution < 1.29 is 37.5 Å². The Morgan fingerprint density at radius 1 is 0.534 bits per heavy atom. The molecule has 118 heavy (non-hydrogen) atoms. The van der Waals surface area contributed by atoms with Gasteiger partial charge in [-0.3, -0.25) is 38.7 Å². The van der Waals surface area contributed by atoms with Crippen molar-refractivity contribution in [2.45, 2.75) is 138 Å². The molecule has 6 atom stereocenters. The molecule has 0 aliphatic carbocycles. The molecule has 9 aromatic rings. The van der Waals surface area contributed by atoms with Crippen LogP contribution in [0.2, 0.25) is 15.1 Å². The zero-order valence-electron chi connectivity index (χ0n) is 68.2. The molecule has 6 unspecified atom stereocenters. The van der Waals surface area contributed by atoms with Crippen LogP contribution in [0.1, 0.15) is 122 Å². The van der Waals surface area contributed by atoms with Crippen molar-refractivity contribution in [3.8, 4) is 39.5 Å². The molecular weight excluding hydrogens is 1570 g/mol. The summed E-state index contributed by atoms with van der Waals surface area (Å²) in [6, 6.07) is 27.9. The fourth-order valence-electron chi connectivity index (χ4n) is 15.7. The first-order valence-electron chi connectivity index (χ1n) is 38.8. The van der Waals surface area contributed by atoms with Gasteiger partial charge in [-0.25, -0.2) is 38.1 Å². The second-order valence-corrected chi connectivity index (χ2v) is 31.9. The minimum absolute atomic E-state index is 0.00271. The average Bonchev–Trinajstić information content (AvgIpc) is 1.32. The van der Waals surface area contributed by atoms with Crippen LogP contribution in [0.5, 0.6) is 0 Å². The summed E-state index contributed by atoms with van der Waals surface area (Å²) in [4.78, 5) is 141. The number of carbonyl (C=O) groups excluding carboxylic acids is 6. The fraction of sp³-hybridized carbons (Fsp3) is 0.330. The highest BCUT2D eigenvalue weighted by Crippen LogP contribution is 2.44. The van der Waals surface area contributed by atoms with E-state index in [0.717, 1.165) is 33.8 Å². The summed E-state index contributed by atoms with van der Waals surface area (Å²) in [5, 5.41) is 4.30. The molecule has 30 heteroatoms. The second kappa shape index (κ2) is 35.5.